The molecule has 0 aliphatic heterocycles. The minimum absolute atomic E-state index is 0.0447. The highest BCUT2D eigenvalue weighted by Crippen LogP contribution is 2.72. The van der Waals surface area contributed by atoms with Crippen LogP contribution in [0, 0.1) is 39.4 Å². The Bertz CT molecular complexity index is 904. The van der Waals surface area contributed by atoms with Crippen molar-refractivity contribution in [3.05, 3.63) is 22.8 Å². The van der Waals surface area contributed by atoms with Crippen molar-refractivity contribution < 1.29 is 14.7 Å². The van der Waals surface area contributed by atoms with Crippen LogP contribution in [-0.2, 0) is 9.59 Å². The van der Waals surface area contributed by atoms with Gasteiger partial charge >= 0.3 is 5.97 Å². The van der Waals surface area contributed by atoms with Crippen LogP contribution >= 0.6 is 0 Å². The Kier molecular flexibility index (Phi) is 6.07. The summed E-state index contributed by atoms with van der Waals surface area (Å²) in [5.41, 5.74) is 4.63. The predicted molar refractivity (Wildman–Crippen MR) is 134 cm³/mol. The summed E-state index contributed by atoms with van der Waals surface area (Å²) in [6, 6.07) is 0. The lowest BCUT2D eigenvalue weighted by atomic mass is 9.43. The summed E-state index contributed by atoms with van der Waals surface area (Å²) < 4.78 is 0. The molecule has 0 saturated heterocycles. The Balaban J connectivity index is 1.70. The van der Waals surface area contributed by atoms with Gasteiger partial charge in [0.2, 0.25) is 0 Å². The zero-order valence-corrected chi connectivity index (χ0v) is 22.1. The largest absolute Gasteiger partial charge is 0.481 e. The van der Waals surface area contributed by atoms with Gasteiger partial charge in [0.1, 0.15) is 5.78 Å². The lowest BCUT2D eigenvalue weighted by Gasteiger charge is -2.60. The van der Waals surface area contributed by atoms with Crippen molar-refractivity contribution in [1.29, 1.82) is 0 Å². The number of Topliss-reactive ketones (excluding diaryl/α,β-unsaturated/α-hetero) is 1. The van der Waals surface area contributed by atoms with Crippen LogP contribution in [0.2, 0.25) is 0 Å². The van der Waals surface area contributed by atoms with E-state index in [2.05, 4.69) is 54.5 Å². The van der Waals surface area contributed by atoms with E-state index >= 15 is 0 Å². The van der Waals surface area contributed by atoms with Crippen molar-refractivity contribution in [2.75, 3.05) is 0 Å². The maximum absolute atomic E-state index is 12.8. The fourth-order valence-corrected chi connectivity index (χ4v) is 9.22. The first-order valence-corrected chi connectivity index (χ1v) is 13.4. The molecule has 0 unspecified atom stereocenters. The molecule has 6 atom stereocenters. The van der Waals surface area contributed by atoms with Gasteiger partial charge in [0, 0.05) is 11.8 Å². The van der Waals surface area contributed by atoms with E-state index in [1.165, 1.54) is 5.57 Å². The molecule has 0 spiro atoms. The average molecular weight is 455 g/mol. The van der Waals surface area contributed by atoms with Crippen LogP contribution in [0.15, 0.2) is 22.8 Å². The average Bonchev–Trinajstić information content (AvgIpc) is 3.00. The monoisotopic (exact) mass is 454 g/mol. The second-order valence-corrected chi connectivity index (χ2v) is 13.3. The molecule has 4 aliphatic carbocycles. The Morgan fingerprint density at radius 1 is 1.00 bits per heavy atom. The Hall–Kier alpha value is -1.38. The van der Waals surface area contributed by atoms with Crippen LogP contribution in [0.25, 0.3) is 0 Å². The molecule has 0 amide bonds. The Morgan fingerprint density at radius 2 is 1.70 bits per heavy atom. The number of hydrogen-bond donors (Lipinski definition) is 1. The molecule has 0 aromatic heterocycles. The Morgan fingerprint density at radius 3 is 2.33 bits per heavy atom. The normalized spacial score (nSPS) is 40.5. The number of carbonyl (C=O) groups is 2. The summed E-state index contributed by atoms with van der Waals surface area (Å²) in [6.45, 7) is 15.9. The molecule has 184 valence electrons. The van der Waals surface area contributed by atoms with Gasteiger partial charge in [0.05, 0.1) is 5.92 Å². The summed E-state index contributed by atoms with van der Waals surface area (Å²) in [7, 11) is 0. The van der Waals surface area contributed by atoms with Crippen LogP contribution < -0.4 is 0 Å². The molecule has 4 aliphatic rings. The number of aliphatic carboxylic acids is 1. The van der Waals surface area contributed by atoms with Crippen molar-refractivity contribution in [3.63, 3.8) is 0 Å². The van der Waals surface area contributed by atoms with Gasteiger partial charge < -0.3 is 5.11 Å². The second-order valence-electron chi connectivity index (χ2n) is 13.3. The summed E-state index contributed by atoms with van der Waals surface area (Å²) in [5.74, 6) is 0.270. The number of carbonyl (C=O) groups excluding carboxylic acids is 1. The van der Waals surface area contributed by atoms with Gasteiger partial charge in [-0.15, -0.1) is 0 Å². The molecule has 2 saturated carbocycles. The van der Waals surface area contributed by atoms with E-state index in [-0.39, 0.29) is 33.5 Å². The van der Waals surface area contributed by atoms with E-state index in [1.807, 2.05) is 0 Å². The fourth-order valence-electron chi connectivity index (χ4n) is 9.22. The molecule has 3 nitrogen and oxygen atoms in total. The van der Waals surface area contributed by atoms with Crippen molar-refractivity contribution in [1.82, 2.24) is 0 Å². The summed E-state index contributed by atoms with van der Waals surface area (Å²) in [4.78, 5) is 25.2. The van der Waals surface area contributed by atoms with Crippen molar-refractivity contribution in [2.24, 2.45) is 39.4 Å². The topological polar surface area (TPSA) is 54.4 Å². The van der Waals surface area contributed by atoms with Gasteiger partial charge in [-0.2, -0.15) is 0 Å². The number of allylic oxidation sites excluding steroid dienone is 4. The van der Waals surface area contributed by atoms with Crippen molar-refractivity contribution >= 4 is 11.8 Å². The molecule has 4 rings (SSSR count). The van der Waals surface area contributed by atoms with Crippen LogP contribution in [0.5, 0.6) is 0 Å². The standard InChI is InChI=1S/C30H46O3/c1-19(2)9-8-10-20(26(32)33)21-13-17-30(7)23-11-12-24-27(3,4)25(31)15-16-28(24,5)22(23)14-18-29(21,30)6/h9,20-21,24H,8,10-18H2,1-7H3,(H,32,33)/t20-,21-,24+,28+,29-,30+/m1/s1. The predicted octanol–water partition coefficient (Wildman–Crippen LogP) is 7.75. The minimum atomic E-state index is -0.601. The van der Waals surface area contributed by atoms with E-state index in [0.717, 1.165) is 57.8 Å². The lowest BCUT2D eigenvalue weighted by Crippen LogP contribution is -2.54. The van der Waals surface area contributed by atoms with Gasteiger partial charge in [-0.05, 0) is 99.7 Å². The van der Waals surface area contributed by atoms with Gasteiger partial charge in [0.15, 0.2) is 0 Å². The number of ketones is 1. The maximum Gasteiger partial charge on any atom is 0.306 e. The second kappa shape index (κ2) is 8.09. The SMILES string of the molecule is CC(C)=CCC[C@@H](C(=O)O)[C@H]1CC[C@@]2(C)C3=C(CC[C@]12C)[C@]1(C)CCC(=O)C(C)(C)[C@@H]1CC3. The lowest BCUT2D eigenvalue weighted by molar-refractivity contribution is -0.146. The molecule has 0 aromatic rings. The molecule has 0 heterocycles. The van der Waals surface area contributed by atoms with Crippen LogP contribution in [0.4, 0.5) is 0 Å². The highest BCUT2D eigenvalue weighted by atomic mass is 16.4. The molecule has 0 radical (unpaired) electrons. The first-order chi connectivity index (χ1) is 15.3. The number of hydrogen-bond acceptors (Lipinski definition) is 2. The highest BCUT2D eigenvalue weighted by molar-refractivity contribution is 5.85. The van der Waals surface area contributed by atoms with E-state index < -0.39 is 5.97 Å². The van der Waals surface area contributed by atoms with Gasteiger partial charge in [-0.3, -0.25) is 9.59 Å². The number of rotatable bonds is 5. The zero-order valence-electron chi connectivity index (χ0n) is 22.1. The van der Waals surface area contributed by atoms with Gasteiger partial charge in [-0.1, -0.05) is 57.4 Å². The van der Waals surface area contributed by atoms with E-state index in [0.29, 0.717) is 18.1 Å². The van der Waals surface area contributed by atoms with E-state index in [4.69, 9.17) is 0 Å². The minimum Gasteiger partial charge on any atom is -0.481 e. The summed E-state index contributed by atoms with van der Waals surface area (Å²) in [5, 5.41) is 10.2. The van der Waals surface area contributed by atoms with Crippen molar-refractivity contribution in [3.8, 4) is 0 Å². The van der Waals surface area contributed by atoms with Crippen LogP contribution in [0.1, 0.15) is 113 Å². The Labute approximate surface area is 201 Å². The number of carboxylic acid groups (broad SMARTS) is 1. The molecule has 0 aromatic carbocycles. The van der Waals surface area contributed by atoms with Gasteiger partial charge in [-0.25, -0.2) is 0 Å². The summed E-state index contributed by atoms with van der Waals surface area (Å²) in [6.07, 6.45) is 12.0. The molecule has 1 N–H and O–H groups in total. The fraction of sp³-hybridized carbons (Fsp3) is 0.800. The molecular weight excluding hydrogens is 408 g/mol. The molecule has 2 fully saturated rings. The summed E-state index contributed by atoms with van der Waals surface area (Å²) >= 11 is 0. The molecule has 33 heavy (non-hydrogen) atoms. The third-order valence-electron chi connectivity index (χ3n) is 11.4. The first-order valence-electron chi connectivity index (χ1n) is 13.4. The number of carboxylic acids is 1. The third-order valence-corrected chi connectivity index (χ3v) is 11.4. The zero-order chi connectivity index (χ0) is 24.4. The van der Waals surface area contributed by atoms with E-state index in [9.17, 15) is 14.7 Å². The highest BCUT2D eigenvalue weighted by Gasteiger charge is 2.64. The first kappa shape index (κ1) is 24.7. The maximum atomic E-state index is 12.8. The third kappa shape index (κ3) is 3.50. The quantitative estimate of drug-likeness (QED) is 0.432. The smallest absolute Gasteiger partial charge is 0.306 e. The molecular formula is C30H46O3. The van der Waals surface area contributed by atoms with Crippen LogP contribution in [-0.4, -0.2) is 16.9 Å². The molecule has 0 bridgehead atoms. The number of fused-ring (bicyclic) bond motifs is 4. The van der Waals surface area contributed by atoms with Crippen LogP contribution in [0.3, 0.4) is 0 Å². The van der Waals surface area contributed by atoms with E-state index in [1.54, 1.807) is 11.1 Å². The molecule has 3 heteroatoms. The van der Waals surface area contributed by atoms with Crippen molar-refractivity contribution in [2.45, 2.75) is 113 Å². The van der Waals surface area contributed by atoms with Gasteiger partial charge in [0.25, 0.3) is 0 Å².